The number of hydrogen-bond acceptors (Lipinski definition) is 8. The zero-order chi connectivity index (χ0) is 32.4. The minimum absolute atomic E-state index is 0.0914. The summed E-state index contributed by atoms with van der Waals surface area (Å²) in [5.41, 5.74) is 2.64. The summed E-state index contributed by atoms with van der Waals surface area (Å²) in [4.78, 5) is 0. The van der Waals surface area contributed by atoms with E-state index in [1.807, 2.05) is 0 Å². The fourth-order valence-corrected chi connectivity index (χ4v) is 2.57. The van der Waals surface area contributed by atoms with Crippen LogP contribution in [0.15, 0.2) is 49.1 Å². The van der Waals surface area contributed by atoms with Crippen LogP contribution in [-0.2, 0) is 42.3 Å². The van der Waals surface area contributed by atoms with Crippen molar-refractivity contribution in [3.8, 4) is 0 Å². The van der Waals surface area contributed by atoms with Gasteiger partial charge in [-0.3, -0.25) is 8.37 Å². The second-order valence-electron chi connectivity index (χ2n) is 6.55. The number of aryl methyl sites for hydroxylation is 4. The standard InChI is InChI=1S/2C8H12N.2C2H6O4S.2CHF3/c2*1-3-9-6-4-5-8(2)7-9;2*1-2-6-7(3,4)5;2*2-1(3)4/h2*4-7H,3H2,1-2H3;2*2H2,1H3,(H,3,4,5);2*1H/q2*+1;;;;/p-2. The van der Waals surface area contributed by atoms with Crippen LogP contribution in [-0.4, -0.2) is 52.5 Å². The number of hydrogen-bond donors (Lipinski definition) is 0. The highest BCUT2D eigenvalue weighted by Crippen LogP contribution is 1.89. The van der Waals surface area contributed by atoms with Gasteiger partial charge in [0, 0.05) is 23.3 Å². The maximum atomic E-state index is 9.67. The molecule has 0 N–H and O–H groups in total. The summed E-state index contributed by atoms with van der Waals surface area (Å²) < 4.78 is 126. The number of aromatic nitrogens is 2. The third kappa shape index (κ3) is 48.7. The van der Waals surface area contributed by atoms with E-state index in [9.17, 15) is 52.3 Å². The molecule has 2 heterocycles. The third-order valence-electron chi connectivity index (χ3n) is 3.27. The van der Waals surface area contributed by atoms with Crippen molar-refractivity contribution in [3.05, 3.63) is 60.2 Å². The van der Waals surface area contributed by atoms with Crippen LogP contribution in [0.1, 0.15) is 38.8 Å². The fraction of sp³-hybridized carbons (Fsp3) is 0.545. The second kappa shape index (κ2) is 26.8. The SMILES string of the molecule is CCOS(=O)(=O)[O-].CCOS(=O)(=O)[O-].CC[n+]1cccc(C)c1.CC[n+]1cccc(C)c1.FC(F)F.FC(F)F. The molecule has 0 aliphatic carbocycles. The highest BCUT2D eigenvalue weighted by Gasteiger charge is 1.93. The first-order valence-corrected chi connectivity index (χ1v) is 13.9. The van der Waals surface area contributed by atoms with E-state index in [-0.39, 0.29) is 13.2 Å². The Kier molecular flexibility index (Phi) is 29.9. The van der Waals surface area contributed by atoms with Crippen LogP contribution in [0.4, 0.5) is 26.3 Å². The molecule has 2 aromatic rings. The largest absolute Gasteiger partial charge is 0.726 e. The van der Waals surface area contributed by atoms with Crippen molar-refractivity contribution in [2.45, 2.75) is 68.0 Å². The molecule has 0 saturated carbocycles. The zero-order valence-electron chi connectivity index (χ0n) is 22.8. The summed E-state index contributed by atoms with van der Waals surface area (Å²) in [5, 5.41) is 0. The first kappa shape index (κ1) is 44.6. The zero-order valence-corrected chi connectivity index (χ0v) is 24.5. The lowest BCUT2D eigenvalue weighted by atomic mass is 10.3. The van der Waals surface area contributed by atoms with Gasteiger partial charge in [0.25, 0.3) is 0 Å². The maximum Gasteiger partial charge on any atom is 0.379 e. The van der Waals surface area contributed by atoms with E-state index in [1.54, 1.807) is 0 Å². The van der Waals surface area contributed by atoms with Gasteiger partial charge in [0.15, 0.2) is 24.8 Å². The van der Waals surface area contributed by atoms with E-state index in [1.165, 1.54) is 25.0 Å². The fourth-order valence-electron chi connectivity index (χ4n) is 1.99. The number of halogens is 6. The molecule has 40 heavy (non-hydrogen) atoms. The number of pyridine rings is 2. The molecular formula is C22H36F6N2O8S2. The number of rotatable bonds is 6. The van der Waals surface area contributed by atoms with Crippen LogP contribution in [0.2, 0.25) is 0 Å². The lowest BCUT2D eigenvalue weighted by Crippen LogP contribution is -2.30. The van der Waals surface area contributed by atoms with Crippen LogP contribution in [0.5, 0.6) is 0 Å². The molecule has 2 rings (SSSR count). The molecule has 236 valence electrons. The van der Waals surface area contributed by atoms with Gasteiger partial charge in [-0.05, 0) is 53.7 Å². The van der Waals surface area contributed by atoms with Crippen LogP contribution >= 0.6 is 0 Å². The van der Waals surface area contributed by atoms with Gasteiger partial charge in [-0.2, -0.15) is 26.3 Å². The molecule has 0 radical (unpaired) electrons. The van der Waals surface area contributed by atoms with Gasteiger partial charge in [0.05, 0.1) is 13.2 Å². The van der Waals surface area contributed by atoms with E-state index >= 15 is 0 Å². The average molecular weight is 635 g/mol. The van der Waals surface area contributed by atoms with Crippen molar-refractivity contribution in [2.24, 2.45) is 0 Å². The van der Waals surface area contributed by atoms with Crippen molar-refractivity contribution < 1.29 is 69.8 Å². The van der Waals surface area contributed by atoms with E-state index in [2.05, 4.69) is 94.2 Å². The number of alkyl halides is 6. The summed E-state index contributed by atoms with van der Waals surface area (Å²) >= 11 is 0. The van der Waals surface area contributed by atoms with E-state index in [0.717, 1.165) is 13.1 Å². The second-order valence-corrected chi connectivity index (χ2v) is 8.65. The van der Waals surface area contributed by atoms with Gasteiger partial charge in [-0.15, -0.1) is 0 Å². The van der Waals surface area contributed by atoms with Crippen molar-refractivity contribution in [3.63, 3.8) is 0 Å². The minimum atomic E-state index is -4.42. The Morgan fingerprint density at radius 1 is 0.675 bits per heavy atom. The molecular weight excluding hydrogens is 598 g/mol. The molecule has 0 saturated heterocycles. The highest BCUT2D eigenvalue weighted by atomic mass is 32.3. The summed E-state index contributed by atoms with van der Waals surface area (Å²) in [6.45, 7) is 5.93. The Morgan fingerprint density at radius 2 is 0.925 bits per heavy atom. The topological polar surface area (TPSA) is 141 Å². The van der Waals surface area contributed by atoms with Crippen molar-refractivity contribution >= 4 is 20.8 Å². The lowest BCUT2D eigenvalue weighted by molar-refractivity contribution is -0.694. The minimum Gasteiger partial charge on any atom is -0.726 e. The van der Waals surface area contributed by atoms with E-state index in [0.29, 0.717) is 0 Å². The Morgan fingerprint density at radius 3 is 1.02 bits per heavy atom. The molecule has 0 aliphatic heterocycles. The van der Waals surface area contributed by atoms with Gasteiger partial charge in [0.2, 0.25) is 20.8 Å². The quantitative estimate of drug-likeness (QED) is 0.202. The number of nitrogens with zero attached hydrogens (tertiary/aromatic N) is 2. The summed E-state index contributed by atoms with van der Waals surface area (Å²) in [6, 6.07) is 8.34. The van der Waals surface area contributed by atoms with Crippen LogP contribution < -0.4 is 9.13 Å². The molecule has 0 bridgehead atoms. The van der Waals surface area contributed by atoms with E-state index in [4.69, 9.17) is 0 Å². The van der Waals surface area contributed by atoms with Crippen LogP contribution in [0, 0.1) is 13.8 Å². The van der Waals surface area contributed by atoms with Crippen molar-refractivity contribution in [2.75, 3.05) is 13.2 Å². The lowest BCUT2D eigenvalue weighted by Gasteiger charge is -2.02. The maximum absolute atomic E-state index is 9.67. The predicted molar refractivity (Wildman–Crippen MR) is 131 cm³/mol. The monoisotopic (exact) mass is 634 g/mol. The van der Waals surface area contributed by atoms with Crippen molar-refractivity contribution in [1.29, 1.82) is 0 Å². The molecule has 18 heteroatoms. The van der Waals surface area contributed by atoms with Crippen molar-refractivity contribution in [1.82, 2.24) is 0 Å². The molecule has 0 amide bonds. The third-order valence-corrected chi connectivity index (χ3v) is 4.32. The van der Waals surface area contributed by atoms with Gasteiger partial charge in [0.1, 0.15) is 13.1 Å². The summed E-state index contributed by atoms with van der Waals surface area (Å²) in [5.74, 6) is 0. The van der Waals surface area contributed by atoms with Crippen LogP contribution in [0.3, 0.4) is 0 Å². The Hall–Kier alpha value is -2.38. The molecule has 10 nitrogen and oxygen atoms in total. The summed E-state index contributed by atoms with van der Waals surface area (Å²) in [7, 11) is -8.85. The first-order valence-electron chi connectivity index (χ1n) is 11.2. The predicted octanol–water partition coefficient (Wildman–Crippen LogP) is 3.93. The molecule has 0 unspecified atom stereocenters. The Labute approximate surface area is 232 Å². The smallest absolute Gasteiger partial charge is 0.379 e. The molecule has 0 spiro atoms. The van der Waals surface area contributed by atoms with Gasteiger partial charge in [-0.1, -0.05) is 0 Å². The average Bonchev–Trinajstić information content (AvgIpc) is 2.78. The molecule has 2 aromatic heterocycles. The molecule has 0 atom stereocenters. The normalized spacial score (nSPS) is 10.2. The summed E-state index contributed by atoms with van der Waals surface area (Å²) in [6.07, 6.45) is 8.43. The van der Waals surface area contributed by atoms with Crippen LogP contribution in [0.25, 0.3) is 0 Å². The first-order chi connectivity index (χ1) is 18.2. The van der Waals surface area contributed by atoms with Gasteiger partial charge >= 0.3 is 13.4 Å². The molecule has 0 aromatic carbocycles. The van der Waals surface area contributed by atoms with Gasteiger partial charge < -0.3 is 9.11 Å². The molecule has 0 aliphatic rings. The highest BCUT2D eigenvalue weighted by molar-refractivity contribution is 7.81. The molecule has 0 fully saturated rings. The van der Waals surface area contributed by atoms with E-state index < -0.39 is 34.2 Å². The van der Waals surface area contributed by atoms with Gasteiger partial charge in [-0.25, -0.2) is 26.0 Å². The Bertz CT molecular complexity index is 989. The Balaban J connectivity index is -0.000000200.